The van der Waals surface area contributed by atoms with Crippen molar-refractivity contribution in [3.8, 4) is 0 Å². The lowest BCUT2D eigenvalue weighted by molar-refractivity contribution is 0.231. The summed E-state index contributed by atoms with van der Waals surface area (Å²) in [7, 11) is -1.60. The first-order chi connectivity index (χ1) is 12.7. The van der Waals surface area contributed by atoms with E-state index in [1.54, 1.807) is 0 Å². The minimum absolute atomic E-state index is 0.294. The average Bonchev–Trinajstić information content (AvgIpc) is 2.59. The fraction of sp³-hybridized carbons (Fsp3) is 1.00. The monoisotopic (exact) mass is 403 g/mol. The first kappa shape index (κ1) is 27.1. The molecule has 0 bridgehead atoms. The Kier molecular flexibility index (Phi) is 16.0. The molecule has 2 N–H and O–H groups in total. The molecular formula is C22H49NO3Si. The maximum Gasteiger partial charge on any atom is 0.191 e. The predicted octanol–water partition coefficient (Wildman–Crippen LogP) is 5.20. The molecule has 0 saturated carbocycles. The third-order valence-electron chi connectivity index (χ3n) is 5.90. The largest absolute Gasteiger partial charge is 0.417 e. The number of rotatable bonds is 18. The zero-order valence-corrected chi connectivity index (χ0v) is 20.1. The van der Waals surface area contributed by atoms with Gasteiger partial charge in [-0.05, 0) is 76.3 Å². The van der Waals surface area contributed by atoms with Gasteiger partial charge in [0.2, 0.25) is 0 Å². The number of hydrogen-bond donors (Lipinski definition) is 2. The lowest BCUT2D eigenvalue weighted by Gasteiger charge is -2.36. The predicted molar refractivity (Wildman–Crippen MR) is 120 cm³/mol. The molecular weight excluding hydrogens is 354 g/mol. The Balaban J connectivity index is 4.05. The van der Waals surface area contributed by atoms with Gasteiger partial charge < -0.3 is 19.5 Å². The summed E-state index contributed by atoms with van der Waals surface area (Å²) in [6.45, 7) is 16.6. The van der Waals surface area contributed by atoms with E-state index >= 15 is 0 Å². The summed E-state index contributed by atoms with van der Waals surface area (Å²) in [5, 5.41) is 18.1. The fourth-order valence-electron chi connectivity index (χ4n) is 2.92. The van der Waals surface area contributed by atoms with Gasteiger partial charge in [-0.15, -0.1) is 0 Å². The van der Waals surface area contributed by atoms with E-state index in [1.807, 2.05) is 0 Å². The molecule has 0 aliphatic rings. The molecule has 0 unspecified atom stereocenters. The smallest absolute Gasteiger partial charge is 0.191 e. The second kappa shape index (κ2) is 15.9. The molecule has 0 aliphatic carbocycles. The second-order valence-corrected chi connectivity index (χ2v) is 14.2. The first-order valence-electron chi connectivity index (χ1n) is 11.3. The zero-order chi connectivity index (χ0) is 20.6. The minimum Gasteiger partial charge on any atom is -0.417 e. The number of hydrogen-bond acceptors (Lipinski definition) is 4. The summed E-state index contributed by atoms with van der Waals surface area (Å²) in [5.74, 6) is 0. The Morgan fingerprint density at radius 2 is 1.07 bits per heavy atom. The molecule has 0 rings (SSSR count). The van der Waals surface area contributed by atoms with Crippen LogP contribution in [0.3, 0.4) is 0 Å². The Labute approximate surface area is 170 Å². The van der Waals surface area contributed by atoms with Gasteiger partial charge in [0.15, 0.2) is 8.32 Å². The molecule has 27 heavy (non-hydrogen) atoms. The summed E-state index contributed by atoms with van der Waals surface area (Å²) >= 11 is 0. The van der Waals surface area contributed by atoms with Gasteiger partial charge in [-0.25, -0.2) is 0 Å². The maximum atomic E-state index is 8.90. The average molecular weight is 404 g/mol. The quantitative estimate of drug-likeness (QED) is 0.244. The van der Waals surface area contributed by atoms with Crippen LogP contribution in [0.1, 0.15) is 85.0 Å². The van der Waals surface area contributed by atoms with Crippen molar-refractivity contribution in [3.63, 3.8) is 0 Å². The number of aliphatic hydroxyl groups is 2. The number of nitrogens with zero attached hydrogens (tertiary/aromatic N) is 1. The Morgan fingerprint density at radius 3 is 1.48 bits per heavy atom. The molecule has 0 fully saturated rings. The van der Waals surface area contributed by atoms with Crippen LogP contribution >= 0.6 is 0 Å². The van der Waals surface area contributed by atoms with Gasteiger partial charge in [0, 0.05) is 19.8 Å². The third kappa shape index (κ3) is 14.7. The molecule has 0 saturated heterocycles. The molecule has 0 aromatic rings. The van der Waals surface area contributed by atoms with Gasteiger partial charge in [-0.3, -0.25) is 0 Å². The van der Waals surface area contributed by atoms with Gasteiger partial charge >= 0.3 is 0 Å². The van der Waals surface area contributed by atoms with Gasteiger partial charge in [0.25, 0.3) is 0 Å². The molecule has 0 aromatic heterocycles. The molecule has 0 amide bonds. The van der Waals surface area contributed by atoms with Crippen LogP contribution in [0.4, 0.5) is 0 Å². The van der Waals surface area contributed by atoms with E-state index in [2.05, 4.69) is 38.8 Å². The van der Waals surface area contributed by atoms with Crippen LogP contribution in [-0.4, -0.2) is 62.9 Å². The summed E-state index contributed by atoms with van der Waals surface area (Å²) in [6, 6.07) is 0. The molecule has 4 nitrogen and oxygen atoms in total. The van der Waals surface area contributed by atoms with Crippen LogP contribution < -0.4 is 0 Å². The Hall–Kier alpha value is 0.0569. The summed E-state index contributed by atoms with van der Waals surface area (Å²) in [6.07, 6.45) is 11.4. The van der Waals surface area contributed by atoms with Crippen molar-refractivity contribution >= 4 is 8.32 Å². The highest BCUT2D eigenvalue weighted by Crippen LogP contribution is 2.36. The van der Waals surface area contributed by atoms with Gasteiger partial charge in [0.1, 0.15) is 0 Å². The van der Waals surface area contributed by atoms with E-state index in [1.165, 1.54) is 51.7 Å². The van der Waals surface area contributed by atoms with Crippen LogP contribution in [0.2, 0.25) is 18.1 Å². The van der Waals surface area contributed by atoms with Crippen molar-refractivity contribution in [3.05, 3.63) is 0 Å². The Bertz CT molecular complexity index is 318. The molecule has 0 spiro atoms. The van der Waals surface area contributed by atoms with Crippen LogP contribution in [0.25, 0.3) is 0 Å². The van der Waals surface area contributed by atoms with Crippen molar-refractivity contribution in [1.29, 1.82) is 0 Å². The molecule has 164 valence electrons. The molecule has 0 radical (unpaired) electrons. The van der Waals surface area contributed by atoms with Crippen molar-refractivity contribution in [2.75, 3.05) is 39.5 Å². The fourth-order valence-corrected chi connectivity index (χ4v) is 4.01. The Morgan fingerprint density at radius 1 is 0.667 bits per heavy atom. The van der Waals surface area contributed by atoms with Crippen molar-refractivity contribution in [1.82, 2.24) is 4.90 Å². The van der Waals surface area contributed by atoms with Crippen LogP contribution in [-0.2, 0) is 4.43 Å². The SMILES string of the molecule is CC(C)(C)[Si](C)(C)OCCCCN(CCCCCCO)CCCCCCO. The third-order valence-corrected chi connectivity index (χ3v) is 10.4. The van der Waals surface area contributed by atoms with E-state index in [0.717, 1.165) is 38.7 Å². The summed E-state index contributed by atoms with van der Waals surface area (Å²) < 4.78 is 6.30. The highest BCUT2D eigenvalue weighted by Gasteiger charge is 2.36. The van der Waals surface area contributed by atoms with Crippen LogP contribution in [0.5, 0.6) is 0 Å². The van der Waals surface area contributed by atoms with E-state index < -0.39 is 8.32 Å². The second-order valence-electron chi connectivity index (χ2n) is 9.43. The van der Waals surface area contributed by atoms with Crippen molar-refractivity contribution in [2.24, 2.45) is 0 Å². The molecule has 0 atom stereocenters. The number of unbranched alkanes of at least 4 members (excludes halogenated alkanes) is 7. The van der Waals surface area contributed by atoms with Crippen molar-refractivity contribution < 1.29 is 14.6 Å². The molecule has 0 aromatic carbocycles. The molecule has 5 heteroatoms. The van der Waals surface area contributed by atoms with Gasteiger partial charge in [0.05, 0.1) is 0 Å². The topological polar surface area (TPSA) is 52.9 Å². The summed E-state index contributed by atoms with van der Waals surface area (Å²) in [4.78, 5) is 2.62. The van der Waals surface area contributed by atoms with Crippen molar-refractivity contribution in [2.45, 2.75) is 103 Å². The van der Waals surface area contributed by atoms with E-state index in [9.17, 15) is 0 Å². The van der Waals surface area contributed by atoms with E-state index in [4.69, 9.17) is 14.6 Å². The highest BCUT2D eigenvalue weighted by molar-refractivity contribution is 6.74. The zero-order valence-electron chi connectivity index (χ0n) is 19.1. The van der Waals surface area contributed by atoms with E-state index in [0.29, 0.717) is 18.3 Å². The maximum absolute atomic E-state index is 8.90. The van der Waals surface area contributed by atoms with E-state index in [-0.39, 0.29) is 0 Å². The minimum atomic E-state index is -1.60. The van der Waals surface area contributed by atoms with Crippen LogP contribution in [0, 0.1) is 0 Å². The lowest BCUT2D eigenvalue weighted by Crippen LogP contribution is -2.41. The standard InChI is InChI=1S/C22H49NO3Si/c1-22(2,3)27(4,5)26-21-15-12-18-23(16-10-6-8-13-19-24)17-11-7-9-14-20-25/h24-25H,6-21H2,1-5H3. The van der Waals surface area contributed by atoms with Gasteiger partial charge in [-0.1, -0.05) is 46.5 Å². The van der Waals surface area contributed by atoms with Crippen LogP contribution in [0.15, 0.2) is 0 Å². The summed E-state index contributed by atoms with van der Waals surface area (Å²) in [5.41, 5.74) is 0. The lowest BCUT2D eigenvalue weighted by atomic mass is 10.1. The molecule has 0 aliphatic heterocycles. The molecule has 0 heterocycles. The number of aliphatic hydroxyl groups excluding tert-OH is 2. The van der Waals surface area contributed by atoms with Gasteiger partial charge in [-0.2, -0.15) is 0 Å². The first-order valence-corrected chi connectivity index (χ1v) is 14.2. The normalized spacial score (nSPS) is 12.9. The highest BCUT2D eigenvalue weighted by atomic mass is 28.4.